The lowest BCUT2D eigenvalue weighted by Crippen LogP contribution is -2.39. The lowest BCUT2D eigenvalue weighted by Gasteiger charge is -2.16. The summed E-state index contributed by atoms with van der Waals surface area (Å²) in [4.78, 5) is 24.0. The van der Waals surface area contributed by atoms with Crippen molar-refractivity contribution in [3.8, 4) is 0 Å². The Kier molecular flexibility index (Phi) is 3.76. The summed E-state index contributed by atoms with van der Waals surface area (Å²) in [6.45, 7) is 0.256. The molecule has 0 aromatic heterocycles. The summed E-state index contributed by atoms with van der Waals surface area (Å²) in [6, 6.07) is 8.65. The Balaban J connectivity index is 2.05. The number of thioether (sulfide) groups is 1. The Morgan fingerprint density at radius 1 is 1.22 bits per heavy atom. The molecule has 0 saturated carbocycles. The lowest BCUT2D eigenvalue weighted by molar-refractivity contribution is -0.141. The number of amides is 1. The molecule has 2 N–H and O–H groups in total. The predicted octanol–water partition coefficient (Wildman–Crippen LogP) is 1.98. The van der Waals surface area contributed by atoms with E-state index in [1.807, 2.05) is 30.3 Å². The lowest BCUT2D eigenvalue weighted by atomic mass is 10.2. The first-order valence-electron chi connectivity index (χ1n) is 5.52. The predicted molar refractivity (Wildman–Crippen MR) is 66.9 cm³/mol. The largest absolute Gasteiger partial charge is 0.480 e. The molecule has 18 heavy (non-hydrogen) atoms. The normalized spacial score (nSPS) is 23.0. The van der Waals surface area contributed by atoms with Crippen LogP contribution in [0.5, 0.6) is 0 Å². The second kappa shape index (κ2) is 5.30. The third-order valence-electron chi connectivity index (χ3n) is 2.84. The highest BCUT2D eigenvalue weighted by Crippen LogP contribution is 2.32. The van der Waals surface area contributed by atoms with Crippen molar-refractivity contribution in [2.24, 2.45) is 0 Å². The molecule has 1 heterocycles. The standard InChI is InChI=1S/C12H13NO4S/c14-11(15)10-6-9(7-13(10)12(16)17)18-8-4-2-1-3-5-8/h1-5,9-10H,6-7H2,(H,14,15)(H,16,17). The van der Waals surface area contributed by atoms with Gasteiger partial charge < -0.3 is 10.2 Å². The van der Waals surface area contributed by atoms with E-state index in [1.165, 1.54) is 11.8 Å². The van der Waals surface area contributed by atoms with Crippen molar-refractivity contribution < 1.29 is 19.8 Å². The summed E-state index contributed by atoms with van der Waals surface area (Å²) >= 11 is 1.53. The van der Waals surface area contributed by atoms with E-state index < -0.39 is 18.1 Å². The van der Waals surface area contributed by atoms with Gasteiger partial charge in [-0.1, -0.05) is 18.2 Å². The maximum Gasteiger partial charge on any atom is 0.408 e. The van der Waals surface area contributed by atoms with Crippen LogP contribution in [0.25, 0.3) is 0 Å². The second-order valence-electron chi connectivity index (χ2n) is 4.08. The van der Waals surface area contributed by atoms with E-state index in [2.05, 4.69) is 0 Å². The maximum atomic E-state index is 11.0. The smallest absolute Gasteiger partial charge is 0.408 e. The quantitative estimate of drug-likeness (QED) is 0.875. The molecule has 1 fully saturated rings. The van der Waals surface area contributed by atoms with E-state index in [0.717, 1.165) is 9.80 Å². The number of hydrogen-bond acceptors (Lipinski definition) is 3. The Labute approximate surface area is 108 Å². The second-order valence-corrected chi connectivity index (χ2v) is 5.45. The van der Waals surface area contributed by atoms with Crippen LogP contribution in [0.15, 0.2) is 35.2 Å². The molecule has 1 amide bonds. The molecule has 1 saturated heterocycles. The van der Waals surface area contributed by atoms with Gasteiger partial charge in [-0.25, -0.2) is 9.59 Å². The Morgan fingerprint density at radius 2 is 1.89 bits per heavy atom. The van der Waals surface area contributed by atoms with Crippen molar-refractivity contribution >= 4 is 23.8 Å². The van der Waals surface area contributed by atoms with Gasteiger partial charge in [0.15, 0.2) is 0 Å². The van der Waals surface area contributed by atoms with Crippen molar-refractivity contribution in [1.82, 2.24) is 4.90 Å². The fourth-order valence-corrected chi connectivity index (χ4v) is 3.23. The molecule has 2 atom stereocenters. The molecule has 1 aromatic rings. The number of carboxylic acids is 1. The van der Waals surface area contributed by atoms with Crippen LogP contribution in [0.3, 0.4) is 0 Å². The summed E-state index contributed by atoms with van der Waals surface area (Å²) in [5.41, 5.74) is 0. The molecule has 0 radical (unpaired) electrons. The molecule has 5 nitrogen and oxygen atoms in total. The van der Waals surface area contributed by atoms with E-state index in [-0.39, 0.29) is 11.8 Å². The van der Waals surface area contributed by atoms with Gasteiger partial charge >= 0.3 is 12.1 Å². The van der Waals surface area contributed by atoms with Crippen molar-refractivity contribution in [1.29, 1.82) is 0 Å². The van der Waals surface area contributed by atoms with Crippen LogP contribution >= 0.6 is 11.8 Å². The minimum Gasteiger partial charge on any atom is -0.480 e. The summed E-state index contributed by atoms with van der Waals surface area (Å²) in [5, 5.41) is 18.0. The average molecular weight is 267 g/mol. The molecule has 96 valence electrons. The average Bonchev–Trinajstić information content (AvgIpc) is 2.74. The molecular formula is C12H13NO4S. The zero-order valence-electron chi connectivity index (χ0n) is 9.52. The van der Waals surface area contributed by atoms with E-state index in [1.54, 1.807) is 0 Å². The number of benzene rings is 1. The first-order chi connectivity index (χ1) is 8.58. The topological polar surface area (TPSA) is 77.8 Å². The van der Waals surface area contributed by atoms with Crippen molar-refractivity contribution in [3.05, 3.63) is 30.3 Å². The van der Waals surface area contributed by atoms with E-state index >= 15 is 0 Å². The Morgan fingerprint density at radius 3 is 2.39 bits per heavy atom. The highest BCUT2D eigenvalue weighted by molar-refractivity contribution is 8.00. The number of aliphatic carboxylic acids is 1. The van der Waals surface area contributed by atoms with Gasteiger partial charge in [0, 0.05) is 16.7 Å². The monoisotopic (exact) mass is 267 g/mol. The van der Waals surface area contributed by atoms with Crippen LogP contribution in [0.4, 0.5) is 4.79 Å². The molecule has 1 aliphatic heterocycles. The van der Waals surface area contributed by atoms with Crippen LogP contribution < -0.4 is 0 Å². The van der Waals surface area contributed by atoms with E-state index in [4.69, 9.17) is 10.2 Å². The Bertz CT molecular complexity index is 429. The molecule has 6 heteroatoms. The van der Waals surface area contributed by atoms with Crippen molar-refractivity contribution in [2.75, 3.05) is 6.54 Å². The van der Waals surface area contributed by atoms with Gasteiger partial charge in [0.2, 0.25) is 0 Å². The van der Waals surface area contributed by atoms with Crippen LogP contribution in [-0.2, 0) is 4.79 Å². The van der Waals surface area contributed by atoms with Gasteiger partial charge in [0.05, 0.1) is 0 Å². The molecule has 0 bridgehead atoms. The summed E-state index contributed by atoms with van der Waals surface area (Å²) in [6.07, 6.45) is -0.820. The number of hydrogen-bond donors (Lipinski definition) is 2. The van der Waals surface area contributed by atoms with Gasteiger partial charge in [-0.05, 0) is 18.6 Å². The summed E-state index contributed by atoms with van der Waals surface area (Å²) in [5.74, 6) is -1.08. The molecule has 0 spiro atoms. The molecule has 1 aromatic carbocycles. The number of likely N-dealkylation sites (tertiary alicyclic amines) is 1. The highest BCUT2D eigenvalue weighted by atomic mass is 32.2. The highest BCUT2D eigenvalue weighted by Gasteiger charge is 2.40. The van der Waals surface area contributed by atoms with Gasteiger partial charge in [0.25, 0.3) is 0 Å². The van der Waals surface area contributed by atoms with Crippen LogP contribution in [0, 0.1) is 0 Å². The van der Waals surface area contributed by atoms with Crippen LogP contribution in [0.1, 0.15) is 6.42 Å². The minimum absolute atomic E-state index is 0.00963. The maximum absolute atomic E-state index is 11.0. The number of carboxylic acid groups (broad SMARTS) is 2. The fourth-order valence-electron chi connectivity index (χ4n) is 2.02. The zero-order chi connectivity index (χ0) is 13.1. The molecule has 1 aliphatic rings. The molecule has 2 rings (SSSR count). The van der Waals surface area contributed by atoms with Gasteiger partial charge in [-0.3, -0.25) is 4.90 Å². The van der Waals surface area contributed by atoms with E-state index in [0.29, 0.717) is 6.42 Å². The summed E-state index contributed by atoms with van der Waals surface area (Å²) in [7, 11) is 0. The zero-order valence-corrected chi connectivity index (χ0v) is 10.3. The van der Waals surface area contributed by atoms with Gasteiger partial charge in [-0.2, -0.15) is 0 Å². The number of carbonyl (C=O) groups is 2. The van der Waals surface area contributed by atoms with E-state index in [9.17, 15) is 9.59 Å². The summed E-state index contributed by atoms with van der Waals surface area (Å²) < 4.78 is 0. The first kappa shape index (κ1) is 12.8. The minimum atomic E-state index is -1.17. The number of rotatable bonds is 3. The first-order valence-corrected chi connectivity index (χ1v) is 6.40. The van der Waals surface area contributed by atoms with Crippen LogP contribution in [0.2, 0.25) is 0 Å². The van der Waals surface area contributed by atoms with Crippen LogP contribution in [-0.4, -0.2) is 45.0 Å². The molecule has 2 unspecified atom stereocenters. The number of nitrogens with zero attached hydrogens (tertiary/aromatic N) is 1. The van der Waals surface area contributed by atoms with Gasteiger partial charge in [-0.15, -0.1) is 11.8 Å². The van der Waals surface area contributed by atoms with Crippen molar-refractivity contribution in [2.45, 2.75) is 22.6 Å². The molecular weight excluding hydrogens is 254 g/mol. The Hall–Kier alpha value is -1.69. The fraction of sp³-hybridized carbons (Fsp3) is 0.333. The van der Waals surface area contributed by atoms with Gasteiger partial charge in [0.1, 0.15) is 6.04 Å². The third kappa shape index (κ3) is 2.76. The third-order valence-corrected chi connectivity index (χ3v) is 4.06. The SMILES string of the molecule is O=C(O)C1CC(Sc2ccccc2)CN1C(=O)O. The van der Waals surface area contributed by atoms with Crippen molar-refractivity contribution in [3.63, 3.8) is 0 Å². The molecule has 0 aliphatic carbocycles.